The van der Waals surface area contributed by atoms with Crippen molar-refractivity contribution in [1.82, 2.24) is 4.72 Å². The molecule has 1 atom stereocenters. The number of hydrogen-bond donors (Lipinski definition) is 3. The van der Waals surface area contributed by atoms with E-state index < -0.39 is 22.1 Å². The molecule has 1 saturated carbocycles. The van der Waals surface area contributed by atoms with Gasteiger partial charge >= 0.3 is 5.97 Å². The van der Waals surface area contributed by atoms with Crippen molar-refractivity contribution in [1.29, 1.82) is 0 Å². The number of aliphatic hydroxyl groups is 1. The summed E-state index contributed by atoms with van der Waals surface area (Å²) in [7, 11) is -3.66. The fourth-order valence-corrected chi connectivity index (χ4v) is 2.94. The van der Waals surface area contributed by atoms with Crippen LogP contribution in [0, 0.1) is 5.92 Å². The quantitative estimate of drug-likeness (QED) is 0.674. The van der Waals surface area contributed by atoms with Crippen LogP contribution in [0.4, 0.5) is 0 Å². The zero-order chi connectivity index (χ0) is 14.8. The van der Waals surface area contributed by atoms with E-state index in [2.05, 4.69) is 4.72 Å². The van der Waals surface area contributed by atoms with E-state index in [4.69, 9.17) is 5.11 Å². The Morgan fingerprint density at radius 2 is 1.90 bits per heavy atom. The highest BCUT2D eigenvalue weighted by Crippen LogP contribution is 2.32. The summed E-state index contributed by atoms with van der Waals surface area (Å²) < 4.78 is 26.3. The van der Waals surface area contributed by atoms with Crippen LogP contribution in [0.5, 0.6) is 0 Å². The molecule has 3 N–H and O–H groups in total. The van der Waals surface area contributed by atoms with Crippen LogP contribution in [-0.2, 0) is 21.2 Å². The van der Waals surface area contributed by atoms with Crippen molar-refractivity contribution in [3.05, 3.63) is 29.8 Å². The zero-order valence-electron chi connectivity index (χ0n) is 10.8. The first-order valence-corrected chi connectivity index (χ1v) is 7.85. The monoisotopic (exact) mass is 299 g/mol. The Kier molecular flexibility index (Phi) is 4.42. The zero-order valence-corrected chi connectivity index (χ0v) is 11.6. The molecular formula is C13H17NO5S. The number of sulfonamides is 1. The van der Waals surface area contributed by atoms with Crippen molar-refractivity contribution < 1.29 is 23.4 Å². The molecule has 2 rings (SSSR count). The molecule has 110 valence electrons. The first-order valence-electron chi connectivity index (χ1n) is 6.37. The van der Waals surface area contributed by atoms with E-state index in [1.165, 1.54) is 24.3 Å². The molecule has 0 spiro atoms. The number of rotatable bonds is 7. The molecule has 7 heteroatoms. The molecule has 0 aromatic heterocycles. The van der Waals surface area contributed by atoms with Crippen molar-refractivity contribution in [2.24, 2.45) is 5.92 Å². The summed E-state index contributed by atoms with van der Waals surface area (Å²) in [6.45, 7) is 0.00385. The summed E-state index contributed by atoms with van der Waals surface area (Å²) in [5.74, 6) is -0.762. The second-order valence-electron chi connectivity index (χ2n) is 4.97. The number of carbonyl (C=O) groups is 1. The number of carboxylic acids is 1. The second-order valence-corrected chi connectivity index (χ2v) is 6.74. The normalized spacial score (nSPS) is 16.9. The Bertz CT molecular complexity index is 577. The van der Waals surface area contributed by atoms with E-state index in [1.807, 2.05) is 0 Å². The lowest BCUT2D eigenvalue weighted by Crippen LogP contribution is -2.33. The van der Waals surface area contributed by atoms with Gasteiger partial charge in [-0.25, -0.2) is 13.1 Å². The third-order valence-electron chi connectivity index (χ3n) is 3.24. The summed E-state index contributed by atoms with van der Waals surface area (Å²) in [6, 6.07) is 5.67. The number of nitrogens with one attached hydrogen (secondary N) is 1. The molecule has 1 aromatic carbocycles. The van der Waals surface area contributed by atoms with Crippen molar-refractivity contribution in [3.8, 4) is 0 Å². The first-order chi connectivity index (χ1) is 9.38. The molecule has 1 fully saturated rings. The summed E-state index contributed by atoms with van der Waals surface area (Å²) >= 11 is 0. The molecule has 1 aliphatic carbocycles. The number of aliphatic carboxylic acids is 1. The van der Waals surface area contributed by atoms with Gasteiger partial charge < -0.3 is 10.2 Å². The Morgan fingerprint density at radius 3 is 2.40 bits per heavy atom. The number of hydrogen-bond acceptors (Lipinski definition) is 4. The molecular weight excluding hydrogens is 282 g/mol. The van der Waals surface area contributed by atoms with Crippen LogP contribution >= 0.6 is 0 Å². The van der Waals surface area contributed by atoms with Gasteiger partial charge in [-0.1, -0.05) is 12.1 Å². The van der Waals surface area contributed by atoms with Crippen LogP contribution < -0.4 is 4.72 Å². The molecule has 20 heavy (non-hydrogen) atoms. The Labute approximate surface area is 117 Å². The fourth-order valence-electron chi connectivity index (χ4n) is 1.89. The molecule has 0 heterocycles. The molecule has 1 unspecified atom stereocenters. The van der Waals surface area contributed by atoms with Gasteiger partial charge in [0.25, 0.3) is 0 Å². The summed E-state index contributed by atoms with van der Waals surface area (Å²) in [5, 5.41) is 18.3. The molecule has 1 aromatic rings. The van der Waals surface area contributed by atoms with Crippen molar-refractivity contribution in [2.45, 2.75) is 30.3 Å². The molecule has 0 aliphatic heterocycles. The number of aliphatic hydroxyl groups excluding tert-OH is 1. The maximum atomic E-state index is 12.0. The molecule has 0 bridgehead atoms. The van der Waals surface area contributed by atoms with E-state index >= 15 is 0 Å². The molecule has 0 radical (unpaired) electrons. The lowest BCUT2D eigenvalue weighted by atomic mass is 10.2. The van der Waals surface area contributed by atoms with Gasteiger partial charge in [0, 0.05) is 6.54 Å². The summed E-state index contributed by atoms with van der Waals surface area (Å²) in [5.41, 5.74) is 0.537. The Hall–Kier alpha value is -1.44. The van der Waals surface area contributed by atoms with Crippen LogP contribution in [0.3, 0.4) is 0 Å². The van der Waals surface area contributed by atoms with E-state index in [0.717, 1.165) is 12.8 Å². The standard InChI is InChI=1S/C13H17NO5S/c15-12(10-3-4-10)8-14-20(18,19)11-5-1-9(2-6-11)7-13(16)17/h1-2,5-6,10,12,14-15H,3-4,7-8H2,(H,16,17). The smallest absolute Gasteiger partial charge is 0.307 e. The van der Waals surface area contributed by atoms with Gasteiger partial charge in [-0.15, -0.1) is 0 Å². The van der Waals surface area contributed by atoms with Gasteiger partial charge in [-0.2, -0.15) is 0 Å². The molecule has 0 amide bonds. The average Bonchev–Trinajstić information content (AvgIpc) is 3.20. The van der Waals surface area contributed by atoms with Gasteiger partial charge in [-0.3, -0.25) is 4.79 Å². The predicted octanol–water partition coefficient (Wildman–Crippen LogP) is 0.363. The van der Waals surface area contributed by atoms with Gasteiger partial charge in [0.15, 0.2) is 0 Å². The summed E-state index contributed by atoms with van der Waals surface area (Å²) in [6.07, 6.45) is 1.09. The second kappa shape index (κ2) is 5.90. The number of carboxylic acid groups (broad SMARTS) is 1. The van der Waals surface area contributed by atoms with E-state index in [1.54, 1.807) is 0 Å². The predicted molar refractivity (Wildman–Crippen MR) is 71.7 cm³/mol. The molecule has 1 aliphatic rings. The minimum Gasteiger partial charge on any atom is -0.481 e. The Morgan fingerprint density at radius 1 is 1.30 bits per heavy atom. The Balaban J connectivity index is 1.99. The van der Waals surface area contributed by atoms with Crippen LogP contribution in [-0.4, -0.2) is 37.2 Å². The van der Waals surface area contributed by atoms with Crippen LogP contribution in [0.15, 0.2) is 29.2 Å². The highest BCUT2D eigenvalue weighted by molar-refractivity contribution is 7.89. The average molecular weight is 299 g/mol. The summed E-state index contributed by atoms with van der Waals surface area (Å²) in [4.78, 5) is 10.6. The van der Waals surface area contributed by atoms with E-state index in [-0.39, 0.29) is 23.8 Å². The molecule has 0 saturated heterocycles. The van der Waals surface area contributed by atoms with Gasteiger partial charge in [0.1, 0.15) is 0 Å². The van der Waals surface area contributed by atoms with Gasteiger partial charge in [0.05, 0.1) is 17.4 Å². The first kappa shape index (κ1) is 15.0. The maximum absolute atomic E-state index is 12.0. The highest BCUT2D eigenvalue weighted by Gasteiger charge is 2.30. The van der Waals surface area contributed by atoms with Crippen molar-refractivity contribution in [3.63, 3.8) is 0 Å². The van der Waals surface area contributed by atoms with Crippen LogP contribution in [0.1, 0.15) is 18.4 Å². The fraction of sp³-hybridized carbons (Fsp3) is 0.462. The van der Waals surface area contributed by atoms with E-state index in [9.17, 15) is 18.3 Å². The third-order valence-corrected chi connectivity index (χ3v) is 4.68. The lowest BCUT2D eigenvalue weighted by molar-refractivity contribution is -0.136. The topological polar surface area (TPSA) is 104 Å². The molecule has 6 nitrogen and oxygen atoms in total. The minimum absolute atomic E-state index is 0.00385. The van der Waals surface area contributed by atoms with Gasteiger partial charge in [-0.05, 0) is 36.5 Å². The highest BCUT2D eigenvalue weighted by atomic mass is 32.2. The lowest BCUT2D eigenvalue weighted by Gasteiger charge is -2.11. The third kappa shape index (κ3) is 4.03. The van der Waals surface area contributed by atoms with Crippen molar-refractivity contribution >= 4 is 16.0 Å². The minimum atomic E-state index is -3.66. The van der Waals surface area contributed by atoms with E-state index in [0.29, 0.717) is 5.56 Å². The van der Waals surface area contributed by atoms with Crippen LogP contribution in [0.25, 0.3) is 0 Å². The van der Waals surface area contributed by atoms with Gasteiger partial charge in [0.2, 0.25) is 10.0 Å². The SMILES string of the molecule is O=C(O)Cc1ccc(S(=O)(=O)NCC(O)C2CC2)cc1. The number of benzene rings is 1. The van der Waals surface area contributed by atoms with Crippen molar-refractivity contribution in [2.75, 3.05) is 6.54 Å². The van der Waals surface area contributed by atoms with Crippen LogP contribution in [0.2, 0.25) is 0 Å². The largest absolute Gasteiger partial charge is 0.481 e. The maximum Gasteiger partial charge on any atom is 0.307 e.